The fourth-order valence-electron chi connectivity index (χ4n) is 1.91. The van der Waals surface area contributed by atoms with E-state index in [0.29, 0.717) is 16.9 Å². The maximum atomic E-state index is 12.9. The Balaban J connectivity index is 2.39. The van der Waals surface area contributed by atoms with Gasteiger partial charge in [-0.1, -0.05) is 0 Å². The standard InChI is InChI=1S/C15H12F3N3/c1-21(11-4-2-10(9-19)3-5-11)12-6-7-14(20)13(8-12)15(16,17)18/h2-8H,20H2,1H3. The van der Waals surface area contributed by atoms with Crippen molar-refractivity contribution in [1.29, 1.82) is 5.26 Å². The van der Waals surface area contributed by atoms with Gasteiger partial charge in [0, 0.05) is 24.1 Å². The van der Waals surface area contributed by atoms with Gasteiger partial charge >= 0.3 is 6.18 Å². The summed E-state index contributed by atoms with van der Waals surface area (Å²) in [4.78, 5) is 1.59. The highest BCUT2D eigenvalue weighted by atomic mass is 19.4. The van der Waals surface area contributed by atoms with Gasteiger partial charge in [-0.15, -0.1) is 0 Å². The number of halogens is 3. The molecule has 0 amide bonds. The summed E-state index contributed by atoms with van der Waals surface area (Å²) in [5.41, 5.74) is 5.73. The Labute approximate surface area is 120 Å². The minimum atomic E-state index is -4.49. The second-order valence-corrected chi connectivity index (χ2v) is 4.49. The quantitative estimate of drug-likeness (QED) is 0.853. The number of nitriles is 1. The van der Waals surface area contributed by atoms with Crippen LogP contribution >= 0.6 is 0 Å². The Hall–Kier alpha value is -2.68. The normalized spacial score (nSPS) is 11.0. The molecule has 3 nitrogen and oxygen atoms in total. The minimum Gasteiger partial charge on any atom is -0.398 e. The average molecular weight is 291 g/mol. The van der Waals surface area contributed by atoms with Gasteiger partial charge in [0.25, 0.3) is 0 Å². The summed E-state index contributed by atoms with van der Waals surface area (Å²) >= 11 is 0. The van der Waals surface area contributed by atoms with Crippen molar-refractivity contribution < 1.29 is 13.2 Å². The van der Waals surface area contributed by atoms with Crippen LogP contribution in [0, 0.1) is 11.3 Å². The van der Waals surface area contributed by atoms with Crippen LogP contribution in [0.2, 0.25) is 0 Å². The molecule has 0 aromatic heterocycles. The van der Waals surface area contributed by atoms with Crippen molar-refractivity contribution >= 4 is 17.1 Å². The van der Waals surface area contributed by atoms with E-state index in [1.165, 1.54) is 12.1 Å². The molecule has 0 radical (unpaired) electrons. The molecule has 0 atom stereocenters. The number of alkyl halides is 3. The smallest absolute Gasteiger partial charge is 0.398 e. The second-order valence-electron chi connectivity index (χ2n) is 4.49. The first-order valence-electron chi connectivity index (χ1n) is 6.03. The third-order valence-electron chi connectivity index (χ3n) is 3.11. The molecule has 0 unspecified atom stereocenters. The molecule has 0 heterocycles. The van der Waals surface area contributed by atoms with Crippen LogP contribution in [0.1, 0.15) is 11.1 Å². The zero-order valence-corrected chi connectivity index (χ0v) is 11.1. The summed E-state index contributed by atoms with van der Waals surface area (Å²) in [5.74, 6) is 0. The molecular weight excluding hydrogens is 279 g/mol. The van der Waals surface area contributed by atoms with Crippen molar-refractivity contribution in [3.05, 3.63) is 53.6 Å². The largest absolute Gasteiger partial charge is 0.418 e. The predicted octanol–water partition coefficient (Wildman–Crippen LogP) is 3.93. The fourth-order valence-corrected chi connectivity index (χ4v) is 1.91. The number of hydrogen-bond donors (Lipinski definition) is 1. The van der Waals surface area contributed by atoms with Crippen molar-refractivity contribution in [3.8, 4) is 6.07 Å². The summed E-state index contributed by atoms with van der Waals surface area (Å²) in [6, 6.07) is 12.3. The molecule has 0 aliphatic heterocycles. The Kier molecular flexibility index (Phi) is 3.76. The van der Waals surface area contributed by atoms with E-state index in [2.05, 4.69) is 0 Å². The Morgan fingerprint density at radius 1 is 1.05 bits per heavy atom. The molecule has 0 saturated carbocycles. The number of hydrogen-bond acceptors (Lipinski definition) is 3. The molecule has 108 valence electrons. The maximum absolute atomic E-state index is 12.9. The molecule has 21 heavy (non-hydrogen) atoms. The van der Waals surface area contributed by atoms with Crippen molar-refractivity contribution in [3.63, 3.8) is 0 Å². The van der Waals surface area contributed by atoms with Gasteiger partial charge < -0.3 is 10.6 Å². The molecule has 0 aliphatic carbocycles. The van der Waals surface area contributed by atoms with E-state index >= 15 is 0 Å². The first-order valence-corrected chi connectivity index (χ1v) is 6.03. The van der Waals surface area contributed by atoms with Crippen molar-refractivity contribution in [2.45, 2.75) is 6.18 Å². The highest BCUT2D eigenvalue weighted by Gasteiger charge is 2.33. The summed E-state index contributed by atoms with van der Waals surface area (Å²) in [6.07, 6.45) is -4.49. The van der Waals surface area contributed by atoms with E-state index in [4.69, 9.17) is 11.0 Å². The summed E-state index contributed by atoms with van der Waals surface area (Å²) < 4.78 is 38.6. The third kappa shape index (κ3) is 3.08. The molecule has 2 N–H and O–H groups in total. The van der Waals surface area contributed by atoms with Gasteiger partial charge in [-0.25, -0.2) is 0 Å². The zero-order valence-electron chi connectivity index (χ0n) is 11.1. The molecule has 0 aliphatic rings. The van der Waals surface area contributed by atoms with E-state index < -0.39 is 11.7 Å². The number of nitrogens with zero attached hydrogens (tertiary/aromatic N) is 2. The highest BCUT2D eigenvalue weighted by molar-refractivity contribution is 5.67. The molecule has 0 spiro atoms. The Morgan fingerprint density at radius 3 is 2.14 bits per heavy atom. The monoisotopic (exact) mass is 291 g/mol. The lowest BCUT2D eigenvalue weighted by atomic mass is 10.1. The van der Waals surface area contributed by atoms with Crippen molar-refractivity contribution in [2.24, 2.45) is 0 Å². The lowest BCUT2D eigenvalue weighted by Crippen LogP contribution is -2.13. The molecular formula is C15H12F3N3. The van der Waals surface area contributed by atoms with Crippen LogP contribution in [-0.4, -0.2) is 7.05 Å². The SMILES string of the molecule is CN(c1ccc(C#N)cc1)c1ccc(N)c(C(F)(F)F)c1. The van der Waals surface area contributed by atoms with E-state index in [1.807, 2.05) is 6.07 Å². The van der Waals surface area contributed by atoms with Gasteiger partial charge in [-0.2, -0.15) is 18.4 Å². The van der Waals surface area contributed by atoms with Crippen LogP contribution in [0.3, 0.4) is 0 Å². The maximum Gasteiger partial charge on any atom is 0.418 e. The van der Waals surface area contributed by atoms with Crippen molar-refractivity contribution in [2.75, 3.05) is 17.7 Å². The van der Waals surface area contributed by atoms with Crippen LogP contribution < -0.4 is 10.6 Å². The lowest BCUT2D eigenvalue weighted by molar-refractivity contribution is -0.136. The topological polar surface area (TPSA) is 53.0 Å². The predicted molar refractivity (Wildman–Crippen MR) is 75.1 cm³/mol. The van der Waals surface area contributed by atoms with E-state index in [0.717, 1.165) is 6.07 Å². The average Bonchev–Trinajstić information content (AvgIpc) is 2.46. The van der Waals surface area contributed by atoms with Crippen molar-refractivity contribution in [1.82, 2.24) is 0 Å². The molecule has 0 bridgehead atoms. The molecule has 2 aromatic carbocycles. The van der Waals surface area contributed by atoms with E-state index in [9.17, 15) is 13.2 Å². The van der Waals surface area contributed by atoms with Gasteiger partial charge in [0.2, 0.25) is 0 Å². The van der Waals surface area contributed by atoms with Crippen LogP contribution in [-0.2, 0) is 6.18 Å². The van der Waals surface area contributed by atoms with Crippen LogP contribution in [0.25, 0.3) is 0 Å². The van der Waals surface area contributed by atoms with Crippen LogP contribution in [0.4, 0.5) is 30.2 Å². The summed E-state index contributed by atoms with van der Waals surface area (Å²) in [5, 5.41) is 8.74. The zero-order chi connectivity index (χ0) is 15.6. The lowest BCUT2D eigenvalue weighted by Gasteiger charge is -2.21. The molecule has 6 heteroatoms. The Morgan fingerprint density at radius 2 is 1.62 bits per heavy atom. The number of benzene rings is 2. The van der Waals surface area contributed by atoms with Gasteiger partial charge in [-0.3, -0.25) is 0 Å². The Bertz CT molecular complexity index is 685. The molecule has 2 aromatic rings. The first-order chi connectivity index (χ1) is 9.82. The fraction of sp³-hybridized carbons (Fsp3) is 0.133. The summed E-state index contributed by atoms with van der Waals surface area (Å²) in [7, 11) is 1.65. The van der Waals surface area contributed by atoms with E-state index in [-0.39, 0.29) is 5.69 Å². The van der Waals surface area contributed by atoms with Gasteiger partial charge in [-0.05, 0) is 42.5 Å². The number of nitrogens with two attached hydrogens (primary N) is 1. The first kappa shape index (κ1) is 14.7. The molecule has 0 fully saturated rings. The highest BCUT2D eigenvalue weighted by Crippen LogP contribution is 2.37. The van der Waals surface area contributed by atoms with E-state index in [1.54, 1.807) is 36.2 Å². The van der Waals surface area contributed by atoms with Gasteiger partial charge in [0.05, 0.1) is 17.2 Å². The third-order valence-corrected chi connectivity index (χ3v) is 3.11. The van der Waals surface area contributed by atoms with Gasteiger partial charge in [0.15, 0.2) is 0 Å². The second kappa shape index (κ2) is 5.37. The molecule has 0 saturated heterocycles. The summed E-state index contributed by atoms with van der Waals surface area (Å²) in [6.45, 7) is 0. The van der Waals surface area contributed by atoms with Crippen LogP contribution in [0.5, 0.6) is 0 Å². The number of nitrogen functional groups attached to an aromatic ring is 1. The van der Waals surface area contributed by atoms with Gasteiger partial charge in [0.1, 0.15) is 0 Å². The molecule has 2 rings (SSSR count). The number of rotatable bonds is 2. The minimum absolute atomic E-state index is 0.306. The number of anilines is 3. The van der Waals surface area contributed by atoms with Crippen LogP contribution in [0.15, 0.2) is 42.5 Å².